The van der Waals surface area contributed by atoms with Crippen molar-refractivity contribution in [2.75, 3.05) is 26.7 Å². The highest BCUT2D eigenvalue weighted by molar-refractivity contribution is 5.83. The lowest BCUT2D eigenvalue weighted by Gasteiger charge is -2.42. The van der Waals surface area contributed by atoms with Gasteiger partial charge in [0.1, 0.15) is 6.04 Å². The van der Waals surface area contributed by atoms with Gasteiger partial charge in [0.2, 0.25) is 5.91 Å². The number of carbonyl (C=O) groups is 2. The smallest absolute Gasteiger partial charge is 0.409 e. The van der Waals surface area contributed by atoms with E-state index in [1.807, 2.05) is 35.4 Å². The number of hydrogen-bond donors (Lipinski definition) is 1. The summed E-state index contributed by atoms with van der Waals surface area (Å²) in [5.41, 5.74) is 3.63. The zero-order valence-electron chi connectivity index (χ0n) is 15.4. The first kappa shape index (κ1) is 16.8. The average molecular weight is 380 g/mol. The number of imidazole rings is 1. The molecule has 3 aromatic rings. The van der Waals surface area contributed by atoms with Crippen LogP contribution in [0.1, 0.15) is 23.1 Å². The number of nitrogens with one attached hydrogen (secondary N) is 1. The second kappa shape index (κ2) is 6.36. The second-order valence-electron chi connectivity index (χ2n) is 7.16. The Bertz CT molecular complexity index is 1020. The summed E-state index contributed by atoms with van der Waals surface area (Å²) in [7, 11) is 1.35. The Morgan fingerprint density at radius 2 is 2.14 bits per heavy atom. The number of rotatable bonds is 2. The third-order valence-corrected chi connectivity index (χ3v) is 5.54. The van der Waals surface area contributed by atoms with Crippen LogP contribution in [0, 0.1) is 5.92 Å². The molecule has 5 rings (SSSR count). The fraction of sp³-hybridized carbons (Fsp3) is 0.368. The number of nitrogens with zero attached hydrogens (tertiary/aromatic N) is 5. The van der Waals surface area contributed by atoms with Crippen LogP contribution >= 0.6 is 0 Å². The maximum Gasteiger partial charge on any atom is 0.409 e. The Kier molecular flexibility index (Phi) is 3.81. The molecular formula is C19H20N6O3. The summed E-state index contributed by atoms with van der Waals surface area (Å²) in [5.74, 6) is -0.199. The summed E-state index contributed by atoms with van der Waals surface area (Å²) in [6, 6.07) is 7.52. The Hall–Kier alpha value is -3.36. The fourth-order valence-corrected chi connectivity index (χ4v) is 4.05. The number of hydrogen-bond acceptors (Lipinski definition) is 5. The minimum Gasteiger partial charge on any atom is -0.453 e. The summed E-state index contributed by atoms with van der Waals surface area (Å²) in [5, 5.41) is 4.69. The van der Waals surface area contributed by atoms with E-state index >= 15 is 0 Å². The number of aromatic nitrogens is 4. The topological polar surface area (TPSA) is 95.8 Å². The van der Waals surface area contributed by atoms with Crippen LogP contribution in [0.15, 0.2) is 36.8 Å². The van der Waals surface area contributed by atoms with Gasteiger partial charge in [-0.1, -0.05) is 6.07 Å². The fourth-order valence-electron chi connectivity index (χ4n) is 4.05. The molecule has 0 bridgehead atoms. The first-order chi connectivity index (χ1) is 13.7. The normalized spacial score (nSPS) is 19.4. The summed E-state index contributed by atoms with van der Waals surface area (Å²) in [4.78, 5) is 35.9. The molecule has 1 atom stereocenters. The number of methoxy groups -OCH3 is 1. The van der Waals surface area contributed by atoms with Crippen molar-refractivity contribution >= 4 is 17.5 Å². The summed E-state index contributed by atoms with van der Waals surface area (Å²) >= 11 is 0. The van der Waals surface area contributed by atoms with Crippen LogP contribution in [0.5, 0.6) is 0 Å². The van der Waals surface area contributed by atoms with Crippen molar-refractivity contribution in [2.24, 2.45) is 5.92 Å². The van der Waals surface area contributed by atoms with Gasteiger partial charge in [-0.15, -0.1) is 0 Å². The van der Waals surface area contributed by atoms with E-state index in [2.05, 4.69) is 9.97 Å². The number of aromatic amines is 1. The molecule has 144 valence electrons. The van der Waals surface area contributed by atoms with Gasteiger partial charge < -0.3 is 19.5 Å². The third-order valence-electron chi connectivity index (χ3n) is 5.54. The first-order valence-corrected chi connectivity index (χ1v) is 9.25. The lowest BCUT2D eigenvalue weighted by atomic mass is 9.94. The van der Waals surface area contributed by atoms with Crippen molar-refractivity contribution in [3.8, 4) is 0 Å². The molecule has 0 aromatic carbocycles. The van der Waals surface area contributed by atoms with E-state index in [4.69, 9.17) is 9.84 Å². The van der Waals surface area contributed by atoms with Gasteiger partial charge in [-0.2, -0.15) is 5.10 Å². The molecule has 1 fully saturated rings. The molecular weight excluding hydrogens is 360 g/mol. The van der Waals surface area contributed by atoms with Gasteiger partial charge in [0.25, 0.3) is 0 Å². The molecule has 0 spiro atoms. The molecule has 2 aliphatic rings. The molecule has 1 unspecified atom stereocenters. The molecule has 0 saturated carbocycles. The zero-order valence-corrected chi connectivity index (χ0v) is 15.4. The highest BCUT2D eigenvalue weighted by Crippen LogP contribution is 2.35. The first-order valence-electron chi connectivity index (χ1n) is 9.25. The van der Waals surface area contributed by atoms with Crippen LogP contribution in [-0.4, -0.2) is 68.1 Å². The Morgan fingerprint density at radius 3 is 2.93 bits per heavy atom. The van der Waals surface area contributed by atoms with Crippen LogP contribution in [0.25, 0.3) is 5.52 Å². The lowest BCUT2D eigenvalue weighted by molar-refractivity contribution is -0.142. The highest BCUT2D eigenvalue weighted by Gasteiger charge is 2.43. The maximum atomic E-state index is 13.2. The van der Waals surface area contributed by atoms with Crippen molar-refractivity contribution in [3.05, 3.63) is 53.9 Å². The van der Waals surface area contributed by atoms with Crippen molar-refractivity contribution in [1.29, 1.82) is 0 Å². The molecule has 1 saturated heterocycles. The van der Waals surface area contributed by atoms with Crippen LogP contribution < -0.4 is 0 Å². The average Bonchev–Trinajstić information content (AvgIpc) is 3.31. The second-order valence-corrected chi connectivity index (χ2v) is 7.16. The zero-order chi connectivity index (χ0) is 19.3. The summed E-state index contributed by atoms with van der Waals surface area (Å²) < 4.78 is 6.53. The highest BCUT2D eigenvalue weighted by atomic mass is 16.5. The summed E-state index contributed by atoms with van der Waals surface area (Å²) in [6.45, 7) is 1.35. The van der Waals surface area contributed by atoms with Crippen molar-refractivity contribution in [1.82, 2.24) is 29.4 Å². The van der Waals surface area contributed by atoms with Crippen molar-refractivity contribution in [2.45, 2.75) is 12.5 Å². The number of H-pyrrole nitrogens is 1. The molecule has 1 N–H and O–H groups in total. The van der Waals surface area contributed by atoms with Gasteiger partial charge in [-0.25, -0.2) is 14.3 Å². The van der Waals surface area contributed by atoms with E-state index in [1.54, 1.807) is 10.8 Å². The molecule has 3 aromatic heterocycles. The van der Waals surface area contributed by atoms with Crippen LogP contribution in [-0.2, 0) is 16.0 Å². The molecule has 5 heterocycles. The van der Waals surface area contributed by atoms with Crippen LogP contribution in [0.2, 0.25) is 0 Å². The van der Waals surface area contributed by atoms with Crippen LogP contribution in [0.3, 0.4) is 0 Å². The van der Waals surface area contributed by atoms with Crippen molar-refractivity contribution < 1.29 is 14.3 Å². The molecule has 2 amide bonds. The van der Waals surface area contributed by atoms with Crippen molar-refractivity contribution in [3.63, 3.8) is 0 Å². The van der Waals surface area contributed by atoms with Gasteiger partial charge in [0, 0.05) is 37.9 Å². The monoisotopic (exact) mass is 380 g/mol. The number of likely N-dealkylation sites (tertiary alicyclic amines) is 1. The number of pyridine rings is 1. The van der Waals surface area contributed by atoms with Crippen LogP contribution in [0.4, 0.5) is 4.79 Å². The predicted octanol–water partition coefficient (Wildman–Crippen LogP) is 1.23. The van der Waals surface area contributed by atoms with E-state index in [0.717, 1.165) is 29.0 Å². The Labute approximate surface area is 160 Å². The van der Waals surface area contributed by atoms with E-state index in [1.165, 1.54) is 12.0 Å². The number of ether oxygens (including phenoxy) is 1. The Balaban J connectivity index is 1.47. The van der Waals surface area contributed by atoms with E-state index < -0.39 is 6.09 Å². The lowest BCUT2D eigenvalue weighted by Crippen LogP contribution is -2.57. The molecule has 9 nitrogen and oxygen atoms in total. The maximum absolute atomic E-state index is 13.2. The molecule has 28 heavy (non-hydrogen) atoms. The van der Waals surface area contributed by atoms with Gasteiger partial charge >= 0.3 is 6.09 Å². The largest absolute Gasteiger partial charge is 0.453 e. The molecule has 0 aliphatic carbocycles. The van der Waals surface area contributed by atoms with Gasteiger partial charge in [0.05, 0.1) is 36.3 Å². The van der Waals surface area contributed by atoms with Gasteiger partial charge in [0.15, 0.2) is 0 Å². The van der Waals surface area contributed by atoms with E-state index in [9.17, 15) is 9.59 Å². The quantitative estimate of drug-likeness (QED) is 0.721. The molecule has 9 heteroatoms. The standard InChI is InChI=1S/C19H20N6O3/c1-28-19(27)23-9-12(10-23)18(26)24-7-5-14-16(21-11-20-14)17(24)15-8-13-4-2-3-6-25(13)22-15/h2-4,6,8,11-12,17H,5,7,9-10H2,1H3,(H,20,21). The summed E-state index contributed by atoms with van der Waals surface area (Å²) in [6.07, 6.45) is 3.89. The minimum absolute atomic E-state index is 0.0239. The van der Waals surface area contributed by atoms with E-state index in [0.29, 0.717) is 19.6 Å². The number of carbonyl (C=O) groups excluding carboxylic acids is 2. The Morgan fingerprint density at radius 1 is 1.29 bits per heavy atom. The third kappa shape index (κ3) is 2.54. The number of fused-ring (bicyclic) bond motifs is 2. The minimum atomic E-state index is -0.394. The SMILES string of the molecule is COC(=O)N1CC(C(=O)N2CCc3[nH]cnc3C2c2cc3ccccn3n2)C1. The van der Waals surface area contributed by atoms with Gasteiger partial charge in [-0.3, -0.25) is 4.79 Å². The van der Waals surface area contributed by atoms with Gasteiger partial charge in [-0.05, 0) is 18.2 Å². The molecule has 0 radical (unpaired) electrons. The predicted molar refractivity (Wildman–Crippen MR) is 98.5 cm³/mol. The number of amides is 2. The molecule has 2 aliphatic heterocycles. The van der Waals surface area contributed by atoms with E-state index in [-0.39, 0.29) is 17.9 Å².